The number of amides is 2. The van der Waals surface area contributed by atoms with Crippen molar-refractivity contribution in [2.24, 2.45) is 0 Å². The van der Waals surface area contributed by atoms with Crippen molar-refractivity contribution in [1.29, 1.82) is 5.26 Å². The van der Waals surface area contributed by atoms with Gasteiger partial charge in [0, 0.05) is 25.4 Å². The molecule has 6 nitrogen and oxygen atoms in total. The van der Waals surface area contributed by atoms with Crippen LogP contribution in [0.2, 0.25) is 0 Å². The molecule has 1 aromatic carbocycles. The Morgan fingerprint density at radius 1 is 1.14 bits per heavy atom. The first-order valence-corrected chi connectivity index (χ1v) is 7.34. The quantitative estimate of drug-likeness (QED) is 0.566. The number of rotatable bonds is 8. The Kier molecular flexibility index (Phi) is 8.31. The van der Waals surface area contributed by atoms with Crippen molar-refractivity contribution in [3.8, 4) is 6.07 Å². The monoisotopic (exact) mass is 303 g/mol. The van der Waals surface area contributed by atoms with E-state index in [0.717, 1.165) is 19.4 Å². The van der Waals surface area contributed by atoms with E-state index in [0.29, 0.717) is 30.8 Å². The van der Waals surface area contributed by atoms with Gasteiger partial charge in [0.25, 0.3) is 0 Å². The van der Waals surface area contributed by atoms with Crippen LogP contribution in [-0.2, 0) is 14.3 Å². The van der Waals surface area contributed by atoms with Crippen molar-refractivity contribution < 1.29 is 14.3 Å². The van der Waals surface area contributed by atoms with Crippen LogP contribution < -0.4 is 10.6 Å². The van der Waals surface area contributed by atoms with Crippen molar-refractivity contribution in [3.63, 3.8) is 0 Å². The minimum atomic E-state index is -0.725. The predicted octanol–water partition coefficient (Wildman–Crippen LogP) is 1.82. The zero-order valence-electron chi connectivity index (χ0n) is 12.7. The highest BCUT2D eigenvalue weighted by Gasteiger charge is 2.12. The molecule has 0 aliphatic rings. The van der Waals surface area contributed by atoms with E-state index in [1.807, 2.05) is 6.07 Å². The fraction of sp³-hybridized carbons (Fsp3) is 0.438. The molecule has 0 fully saturated rings. The number of unbranched alkanes of at least 4 members (excludes halogenated alkanes) is 1. The van der Waals surface area contributed by atoms with Crippen molar-refractivity contribution in [3.05, 3.63) is 29.8 Å². The number of ether oxygens (including phenoxy) is 1. The van der Waals surface area contributed by atoms with Gasteiger partial charge in [-0.25, -0.2) is 0 Å². The van der Waals surface area contributed by atoms with E-state index in [-0.39, 0.29) is 0 Å². The Balaban J connectivity index is 2.21. The number of nitrogens with one attached hydrogen (secondary N) is 2. The number of carbonyl (C=O) groups is 2. The largest absolute Gasteiger partial charge is 0.381 e. The van der Waals surface area contributed by atoms with Crippen molar-refractivity contribution in [2.45, 2.75) is 26.2 Å². The lowest BCUT2D eigenvalue weighted by molar-refractivity contribution is -0.136. The highest BCUT2D eigenvalue weighted by Crippen LogP contribution is 2.08. The summed E-state index contributed by atoms with van der Waals surface area (Å²) in [6.45, 7) is 3.78. The maximum atomic E-state index is 11.7. The molecule has 6 heteroatoms. The van der Waals surface area contributed by atoms with Gasteiger partial charge in [0.2, 0.25) is 0 Å². The van der Waals surface area contributed by atoms with Crippen LogP contribution in [0, 0.1) is 11.3 Å². The Morgan fingerprint density at radius 3 is 2.45 bits per heavy atom. The fourth-order valence-electron chi connectivity index (χ4n) is 1.62. The van der Waals surface area contributed by atoms with Gasteiger partial charge in [-0.1, -0.05) is 13.3 Å². The first kappa shape index (κ1) is 17.7. The van der Waals surface area contributed by atoms with Gasteiger partial charge in [0.1, 0.15) is 0 Å². The molecule has 118 valence electrons. The number of benzene rings is 1. The third-order valence-corrected chi connectivity index (χ3v) is 2.87. The molecule has 0 saturated carbocycles. The minimum Gasteiger partial charge on any atom is -0.381 e. The summed E-state index contributed by atoms with van der Waals surface area (Å²) in [4.78, 5) is 23.2. The molecule has 0 aliphatic heterocycles. The summed E-state index contributed by atoms with van der Waals surface area (Å²) < 4.78 is 5.36. The molecule has 1 aromatic rings. The van der Waals surface area contributed by atoms with Crippen LogP contribution in [0.5, 0.6) is 0 Å². The molecule has 0 saturated heterocycles. The SMILES string of the molecule is CCCCOCCCNC(=O)C(=O)Nc1ccc(C#N)cc1. The van der Waals surface area contributed by atoms with Gasteiger partial charge < -0.3 is 15.4 Å². The second kappa shape index (κ2) is 10.4. The van der Waals surface area contributed by atoms with Gasteiger partial charge >= 0.3 is 11.8 Å². The lowest BCUT2D eigenvalue weighted by Crippen LogP contribution is -2.36. The summed E-state index contributed by atoms with van der Waals surface area (Å²) >= 11 is 0. The highest BCUT2D eigenvalue weighted by atomic mass is 16.5. The summed E-state index contributed by atoms with van der Waals surface area (Å²) in [7, 11) is 0. The summed E-state index contributed by atoms with van der Waals surface area (Å²) in [5, 5.41) is 13.7. The van der Waals surface area contributed by atoms with E-state index in [2.05, 4.69) is 17.6 Å². The molecule has 0 radical (unpaired) electrons. The molecular weight excluding hydrogens is 282 g/mol. The van der Waals surface area contributed by atoms with E-state index in [4.69, 9.17) is 10.00 Å². The van der Waals surface area contributed by atoms with Crippen LogP contribution in [0.1, 0.15) is 31.7 Å². The van der Waals surface area contributed by atoms with E-state index in [9.17, 15) is 9.59 Å². The average Bonchev–Trinajstić information content (AvgIpc) is 2.54. The first-order chi connectivity index (χ1) is 10.7. The van der Waals surface area contributed by atoms with Gasteiger partial charge in [-0.3, -0.25) is 9.59 Å². The summed E-state index contributed by atoms with van der Waals surface area (Å²) in [5.74, 6) is -1.41. The van der Waals surface area contributed by atoms with E-state index >= 15 is 0 Å². The third kappa shape index (κ3) is 6.86. The Morgan fingerprint density at radius 2 is 1.82 bits per heavy atom. The highest BCUT2D eigenvalue weighted by molar-refractivity contribution is 6.39. The topological polar surface area (TPSA) is 91.2 Å². The zero-order chi connectivity index (χ0) is 16.2. The van der Waals surface area contributed by atoms with Crippen LogP contribution in [0.4, 0.5) is 5.69 Å². The van der Waals surface area contributed by atoms with E-state index < -0.39 is 11.8 Å². The first-order valence-electron chi connectivity index (χ1n) is 7.34. The standard InChI is InChI=1S/C16H21N3O3/c1-2-3-10-22-11-4-9-18-15(20)16(21)19-14-7-5-13(12-17)6-8-14/h5-8H,2-4,9-11H2,1H3,(H,18,20)(H,19,21). The number of anilines is 1. The Hall–Kier alpha value is -2.39. The molecule has 22 heavy (non-hydrogen) atoms. The molecule has 2 N–H and O–H groups in total. The van der Waals surface area contributed by atoms with E-state index in [1.54, 1.807) is 24.3 Å². The smallest absolute Gasteiger partial charge is 0.313 e. The summed E-state index contributed by atoms with van der Waals surface area (Å²) in [6.07, 6.45) is 2.78. The number of nitrogens with zero attached hydrogens (tertiary/aromatic N) is 1. The number of nitriles is 1. The second-order valence-corrected chi connectivity index (χ2v) is 4.72. The molecule has 0 atom stereocenters. The number of carbonyl (C=O) groups excluding carboxylic acids is 2. The molecular formula is C16H21N3O3. The minimum absolute atomic E-state index is 0.395. The Bertz CT molecular complexity index is 520. The summed E-state index contributed by atoms with van der Waals surface area (Å²) in [5.41, 5.74) is 0.965. The maximum absolute atomic E-state index is 11.7. The molecule has 0 heterocycles. The van der Waals surface area contributed by atoms with Gasteiger partial charge in [-0.05, 0) is 37.1 Å². The van der Waals surface area contributed by atoms with Crippen molar-refractivity contribution in [1.82, 2.24) is 5.32 Å². The Labute approximate surface area is 130 Å². The van der Waals surface area contributed by atoms with Crippen LogP contribution in [0.15, 0.2) is 24.3 Å². The van der Waals surface area contributed by atoms with Crippen molar-refractivity contribution in [2.75, 3.05) is 25.1 Å². The van der Waals surface area contributed by atoms with Crippen LogP contribution in [0.25, 0.3) is 0 Å². The van der Waals surface area contributed by atoms with Gasteiger partial charge in [0.15, 0.2) is 0 Å². The van der Waals surface area contributed by atoms with E-state index in [1.165, 1.54) is 0 Å². The summed E-state index contributed by atoms with van der Waals surface area (Å²) in [6, 6.07) is 8.27. The fourth-order valence-corrected chi connectivity index (χ4v) is 1.62. The van der Waals surface area contributed by atoms with Gasteiger partial charge in [-0.15, -0.1) is 0 Å². The molecule has 0 spiro atoms. The lowest BCUT2D eigenvalue weighted by Gasteiger charge is -2.07. The molecule has 0 bridgehead atoms. The predicted molar refractivity (Wildman–Crippen MR) is 83.1 cm³/mol. The second-order valence-electron chi connectivity index (χ2n) is 4.72. The van der Waals surface area contributed by atoms with Crippen molar-refractivity contribution >= 4 is 17.5 Å². The zero-order valence-corrected chi connectivity index (χ0v) is 12.7. The lowest BCUT2D eigenvalue weighted by atomic mass is 10.2. The maximum Gasteiger partial charge on any atom is 0.313 e. The molecule has 0 aromatic heterocycles. The van der Waals surface area contributed by atoms with Gasteiger partial charge in [0.05, 0.1) is 11.6 Å². The molecule has 1 rings (SSSR count). The number of hydrogen-bond acceptors (Lipinski definition) is 4. The van der Waals surface area contributed by atoms with Crippen LogP contribution >= 0.6 is 0 Å². The molecule has 0 unspecified atom stereocenters. The average molecular weight is 303 g/mol. The molecule has 2 amide bonds. The molecule has 0 aliphatic carbocycles. The van der Waals surface area contributed by atoms with Gasteiger partial charge in [-0.2, -0.15) is 5.26 Å². The van der Waals surface area contributed by atoms with Crippen LogP contribution in [-0.4, -0.2) is 31.6 Å². The van der Waals surface area contributed by atoms with Crippen LogP contribution in [0.3, 0.4) is 0 Å². The third-order valence-electron chi connectivity index (χ3n) is 2.87. The number of hydrogen-bond donors (Lipinski definition) is 2. The normalized spacial score (nSPS) is 9.82.